The lowest BCUT2D eigenvalue weighted by molar-refractivity contribution is -0.130. The number of carbonyl (C=O) groups is 2. The molecule has 0 saturated carbocycles. The summed E-state index contributed by atoms with van der Waals surface area (Å²) in [6.07, 6.45) is 1.74. The van der Waals surface area contributed by atoms with Crippen LogP contribution < -0.4 is 14.3 Å². The second kappa shape index (κ2) is 7.31. The molecule has 27 heavy (non-hydrogen) atoms. The van der Waals surface area contributed by atoms with Crippen molar-refractivity contribution in [3.63, 3.8) is 0 Å². The lowest BCUT2D eigenvalue weighted by Crippen LogP contribution is -2.47. The number of phenols is 1. The first-order valence-corrected chi connectivity index (χ1v) is 9.95. The van der Waals surface area contributed by atoms with Crippen molar-refractivity contribution in [2.75, 3.05) is 23.9 Å². The van der Waals surface area contributed by atoms with E-state index in [4.69, 9.17) is 0 Å². The summed E-state index contributed by atoms with van der Waals surface area (Å²) in [5.74, 6) is -2.31. The van der Waals surface area contributed by atoms with Crippen molar-refractivity contribution in [2.45, 2.75) is 32.4 Å². The van der Waals surface area contributed by atoms with Gasteiger partial charge in [-0.3, -0.25) is 9.59 Å². The van der Waals surface area contributed by atoms with Crippen LogP contribution in [0.5, 0.6) is 5.75 Å². The van der Waals surface area contributed by atoms with E-state index >= 15 is 0 Å². The maximum atomic E-state index is 14.5. The van der Waals surface area contributed by atoms with E-state index in [0.717, 1.165) is 18.9 Å². The standard InChI is InChI=1S/C16H21FN4O5S/c1-10(22)20-4-2-3-12(8-20)18-7-11-5-13(17)16(14(23)6-11)21-9-15(24)19-27(21,25)26/h5-6,12,18,23H,2-4,7-9H2,1H3,(H,19,24)/t12-/m0/s1. The van der Waals surface area contributed by atoms with Crippen molar-refractivity contribution < 1.29 is 27.5 Å². The van der Waals surface area contributed by atoms with Crippen molar-refractivity contribution in [1.82, 2.24) is 14.9 Å². The molecule has 148 valence electrons. The number of rotatable bonds is 4. The number of aromatic hydroxyl groups is 1. The highest BCUT2D eigenvalue weighted by molar-refractivity contribution is 7.92. The summed E-state index contributed by atoms with van der Waals surface area (Å²) in [5, 5.41) is 13.4. The van der Waals surface area contributed by atoms with E-state index in [1.165, 1.54) is 13.0 Å². The van der Waals surface area contributed by atoms with Gasteiger partial charge in [0.05, 0.1) is 0 Å². The summed E-state index contributed by atoms with van der Waals surface area (Å²) in [6.45, 7) is 2.44. The third kappa shape index (κ3) is 4.14. The predicted molar refractivity (Wildman–Crippen MR) is 94.6 cm³/mol. The summed E-state index contributed by atoms with van der Waals surface area (Å²) >= 11 is 0. The van der Waals surface area contributed by atoms with Gasteiger partial charge in [-0.2, -0.15) is 8.42 Å². The highest BCUT2D eigenvalue weighted by atomic mass is 32.2. The van der Waals surface area contributed by atoms with Gasteiger partial charge in [-0.05, 0) is 30.5 Å². The molecule has 2 heterocycles. The molecule has 11 heteroatoms. The third-order valence-electron chi connectivity index (χ3n) is 4.63. The maximum Gasteiger partial charge on any atom is 0.326 e. The molecule has 2 amide bonds. The van der Waals surface area contributed by atoms with Gasteiger partial charge in [0.1, 0.15) is 18.0 Å². The number of amides is 2. The van der Waals surface area contributed by atoms with Crippen LogP contribution in [-0.2, 0) is 26.3 Å². The molecule has 2 fully saturated rings. The van der Waals surface area contributed by atoms with E-state index in [1.807, 2.05) is 0 Å². The highest BCUT2D eigenvalue weighted by Gasteiger charge is 2.37. The minimum Gasteiger partial charge on any atom is -0.506 e. The molecule has 0 radical (unpaired) electrons. The Morgan fingerprint density at radius 2 is 2.19 bits per heavy atom. The first-order valence-electron chi connectivity index (χ1n) is 8.51. The topological polar surface area (TPSA) is 119 Å². The summed E-state index contributed by atoms with van der Waals surface area (Å²) in [6, 6.07) is 2.43. The van der Waals surface area contributed by atoms with Crippen molar-refractivity contribution in [3.05, 3.63) is 23.5 Å². The van der Waals surface area contributed by atoms with Gasteiger partial charge in [0, 0.05) is 32.6 Å². The molecule has 1 aromatic rings. The van der Waals surface area contributed by atoms with Crippen LogP contribution in [0.2, 0.25) is 0 Å². The molecule has 1 atom stereocenters. The molecule has 2 saturated heterocycles. The minimum atomic E-state index is -4.21. The fourth-order valence-corrected chi connectivity index (χ4v) is 4.50. The van der Waals surface area contributed by atoms with Gasteiger partial charge >= 0.3 is 10.2 Å². The number of carbonyl (C=O) groups excluding carboxylic acids is 2. The molecular formula is C16H21FN4O5S. The van der Waals surface area contributed by atoms with Gasteiger partial charge in [0.25, 0.3) is 5.91 Å². The Labute approximate surface area is 156 Å². The van der Waals surface area contributed by atoms with Crippen LogP contribution in [0.15, 0.2) is 12.1 Å². The predicted octanol–water partition coefficient (Wildman–Crippen LogP) is -0.187. The van der Waals surface area contributed by atoms with Crippen molar-refractivity contribution in [1.29, 1.82) is 0 Å². The number of hydrogen-bond donors (Lipinski definition) is 3. The van der Waals surface area contributed by atoms with Crippen molar-refractivity contribution in [3.8, 4) is 5.75 Å². The highest BCUT2D eigenvalue weighted by Crippen LogP contribution is 2.34. The van der Waals surface area contributed by atoms with Gasteiger partial charge in [-0.1, -0.05) is 0 Å². The Kier molecular flexibility index (Phi) is 5.24. The van der Waals surface area contributed by atoms with Crippen LogP contribution in [0.3, 0.4) is 0 Å². The third-order valence-corrected chi connectivity index (χ3v) is 6.01. The minimum absolute atomic E-state index is 0.00419. The van der Waals surface area contributed by atoms with Gasteiger partial charge in [-0.25, -0.2) is 13.4 Å². The molecule has 3 rings (SSSR count). The zero-order valence-electron chi connectivity index (χ0n) is 14.7. The van der Waals surface area contributed by atoms with E-state index in [2.05, 4.69) is 5.32 Å². The number of nitrogens with zero attached hydrogens (tertiary/aromatic N) is 2. The molecule has 0 aromatic heterocycles. The first kappa shape index (κ1) is 19.4. The zero-order chi connectivity index (χ0) is 19.8. The number of anilines is 1. The van der Waals surface area contributed by atoms with Crippen LogP contribution in [0.25, 0.3) is 0 Å². The van der Waals surface area contributed by atoms with E-state index in [-0.39, 0.29) is 18.5 Å². The molecule has 2 aliphatic heterocycles. The van der Waals surface area contributed by atoms with Crippen LogP contribution in [0.1, 0.15) is 25.3 Å². The number of piperidine rings is 1. The van der Waals surface area contributed by atoms with E-state index < -0.39 is 39.9 Å². The number of benzene rings is 1. The molecule has 0 unspecified atom stereocenters. The fraction of sp³-hybridized carbons (Fsp3) is 0.500. The Hall–Kier alpha value is -2.40. The molecule has 0 spiro atoms. The lowest BCUT2D eigenvalue weighted by atomic mass is 10.0. The SMILES string of the molecule is CC(=O)N1CCC[C@H](NCc2cc(O)c(N3CC(=O)NS3(=O)=O)c(F)c2)C1. The first-order chi connectivity index (χ1) is 12.7. The van der Waals surface area contributed by atoms with Crippen molar-refractivity contribution in [2.24, 2.45) is 0 Å². The number of likely N-dealkylation sites (tertiary alicyclic amines) is 1. The maximum absolute atomic E-state index is 14.5. The Balaban J connectivity index is 1.72. The quantitative estimate of drug-likeness (QED) is 0.645. The Bertz CT molecular complexity index is 853. The average molecular weight is 400 g/mol. The monoisotopic (exact) mass is 400 g/mol. The molecule has 0 bridgehead atoms. The summed E-state index contributed by atoms with van der Waals surface area (Å²) in [7, 11) is -4.21. The van der Waals surface area contributed by atoms with Gasteiger partial charge in [0.15, 0.2) is 5.82 Å². The number of halogens is 1. The van der Waals surface area contributed by atoms with Gasteiger partial charge in [0.2, 0.25) is 5.91 Å². The average Bonchev–Trinajstić information content (AvgIpc) is 2.85. The van der Waals surface area contributed by atoms with Crippen LogP contribution in [0, 0.1) is 5.82 Å². The van der Waals surface area contributed by atoms with Crippen LogP contribution >= 0.6 is 0 Å². The molecule has 1 aromatic carbocycles. The van der Waals surface area contributed by atoms with E-state index in [0.29, 0.717) is 23.0 Å². The second-order valence-corrected chi connectivity index (χ2v) is 8.26. The normalized spacial score (nSPS) is 22.0. The molecule has 3 N–H and O–H groups in total. The fourth-order valence-electron chi connectivity index (χ4n) is 3.33. The molecule has 0 aliphatic carbocycles. The zero-order valence-corrected chi connectivity index (χ0v) is 15.6. The summed E-state index contributed by atoms with van der Waals surface area (Å²) in [5.41, 5.74) is -0.137. The smallest absolute Gasteiger partial charge is 0.326 e. The lowest BCUT2D eigenvalue weighted by Gasteiger charge is -2.32. The van der Waals surface area contributed by atoms with Crippen LogP contribution in [0.4, 0.5) is 10.1 Å². The number of nitrogens with one attached hydrogen (secondary N) is 2. The number of hydrogen-bond acceptors (Lipinski definition) is 6. The molecule has 2 aliphatic rings. The largest absolute Gasteiger partial charge is 0.506 e. The van der Waals surface area contributed by atoms with E-state index in [9.17, 15) is 27.5 Å². The number of phenolic OH excluding ortho intramolecular Hbond substituents is 1. The van der Waals surface area contributed by atoms with Gasteiger partial charge < -0.3 is 15.3 Å². The van der Waals surface area contributed by atoms with Crippen molar-refractivity contribution >= 4 is 27.7 Å². The summed E-state index contributed by atoms with van der Waals surface area (Å²) in [4.78, 5) is 24.5. The molecule has 9 nitrogen and oxygen atoms in total. The Morgan fingerprint density at radius 1 is 1.44 bits per heavy atom. The Morgan fingerprint density at radius 3 is 2.78 bits per heavy atom. The summed E-state index contributed by atoms with van der Waals surface area (Å²) < 4.78 is 40.4. The van der Waals surface area contributed by atoms with Crippen LogP contribution in [-0.4, -0.2) is 55.9 Å². The van der Waals surface area contributed by atoms with Gasteiger partial charge in [-0.15, -0.1) is 0 Å². The molecular weight excluding hydrogens is 379 g/mol. The second-order valence-electron chi connectivity index (χ2n) is 6.67. The van der Waals surface area contributed by atoms with E-state index in [1.54, 1.807) is 9.62 Å².